The van der Waals surface area contributed by atoms with Gasteiger partial charge >= 0.3 is 0 Å². The van der Waals surface area contributed by atoms with Gasteiger partial charge in [-0.1, -0.05) is 26.0 Å². The lowest BCUT2D eigenvalue weighted by Gasteiger charge is -2.27. The maximum absolute atomic E-state index is 5.87. The average Bonchev–Trinajstić information content (AvgIpc) is 2.52. The zero-order valence-electron chi connectivity index (χ0n) is 13.6. The molecule has 2 rings (SSSR count). The zero-order chi connectivity index (χ0) is 14.9. The molecule has 0 spiro atoms. The van der Waals surface area contributed by atoms with Gasteiger partial charge in [-0.25, -0.2) is 0 Å². The van der Waals surface area contributed by atoms with Crippen molar-refractivity contribution in [2.75, 3.05) is 39.3 Å². The highest BCUT2D eigenvalue weighted by Gasteiger charge is 2.08. The molecule has 0 aliphatic carbocycles. The third kappa shape index (κ3) is 6.06. The number of unbranched alkanes of at least 4 members (excludes halogenated alkanes) is 2. The third-order valence-electron chi connectivity index (χ3n) is 4.12. The average molecular weight is 290 g/mol. The number of ether oxygens (including phenoxy) is 1. The summed E-state index contributed by atoms with van der Waals surface area (Å²) in [6.07, 6.45) is 3.70. The SMILES string of the molecule is CC(C)c1cccc(OCCCCCN2CCNCC2)c1. The summed E-state index contributed by atoms with van der Waals surface area (Å²) in [4.78, 5) is 2.56. The van der Waals surface area contributed by atoms with E-state index in [1.54, 1.807) is 0 Å². The van der Waals surface area contributed by atoms with Crippen LogP contribution in [0.4, 0.5) is 0 Å². The summed E-state index contributed by atoms with van der Waals surface area (Å²) < 4.78 is 5.87. The Morgan fingerprint density at radius 1 is 1.14 bits per heavy atom. The van der Waals surface area contributed by atoms with E-state index in [2.05, 4.69) is 48.3 Å². The number of piperazine rings is 1. The predicted octanol–water partition coefficient (Wildman–Crippen LogP) is 3.26. The molecule has 3 heteroatoms. The summed E-state index contributed by atoms with van der Waals surface area (Å²) in [6, 6.07) is 8.50. The summed E-state index contributed by atoms with van der Waals surface area (Å²) in [6.45, 7) is 11.2. The van der Waals surface area contributed by atoms with Crippen molar-refractivity contribution in [2.24, 2.45) is 0 Å². The van der Waals surface area contributed by atoms with Crippen molar-refractivity contribution in [1.29, 1.82) is 0 Å². The van der Waals surface area contributed by atoms with Crippen LogP contribution in [0, 0.1) is 0 Å². The summed E-state index contributed by atoms with van der Waals surface area (Å²) in [5.74, 6) is 1.58. The molecule has 1 N–H and O–H groups in total. The standard InChI is InChI=1S/C18H30N2O/c1-16(2)17-7-6-8-18(15-17)21-14-5-3-4-11-20-12-9-19-10-13-20/h6-8,15-16,19H,3-5,9-14H2,1-2H3. The Labute approximate surface area is 129 Å². The molecule has 0 saturated carbocycles. The lowest BCUT2D eigenvalue weighted by molar-refractivity contribution is 0.232. The van der Waals surface area contributed by atoms with Crippen LogP contribution in [0.25, 0.3) is 0 Å². The second-order valence-corrected chi connectivity index (χ2v) is 6.23. The minimum Gasteiger partial charge on any atom is -0.494 e. The molecule has 3 nitrogen and oxygen atoms in total. The fourth-order valence-corrected chi connectivity index (χ4v) is 2.70. The van der Waals surface area contributed by atoms with E-state index in [4.69, 9.17) is 4.74 Å². The van der Waals surface area contributed by atoms with E-state index in [9.17, 15) is 0 Å². The number of rotatable bonds is 8. The van der Waals surface area contributed by atoms with Gasteiger partial charge in [-0.05, 0) is 49.4 Å². The molecule has 0 radical (unpaired) electrons. The lowest BCUT2D eigenvalue weighted by atomic mass is 10.0. The van der Waals surface area contributed by atoms with E-state index >= 15 is 0 Å². The van der Waals surface area contributed by atoms with Crippen LogP contribution in [0.15, 0.2) is 24.3 Å². The first-order chi connectivity index (χ1) is 10.3. The minimum absolute atomic E-state index is 0.563. The predicted molar refractivity (Wildman–Crippen MR) is 89.2 cm³/mol. The summed E-state index contributed by atoms with van der Waals surface area (Å²) in [5, 5.41) is 3.39. The van der Waals surface area contributed by atoms with Gasteiger partial charge in [0.2, 0.25) is 0 Å². The van der Waals surface area contributed by atoms with Gasteiger partial charge in [-0.15, -0.1) is 0 Å². The first-order valence-electron chi connectivity index (χ1n) is 8.41. The molecule has 1 saturated heterocycles. The van der Waals surface area contributed by atoms with Crippen molar-refractivity contribution in [3.05, 3.63) is 29.8 Å². The molecular weight excluding hydrogens is 260 g/mol. The molecule has 0 bridgehead atoms. The van der Waals surface area contributed by atoms with Gasteiger partial charge in [0.05, 0.1) is 6.61 Å². The first-order valence-corrected chi connectivity index (χ1v) is 8.41. The van der Waals surface area contributed by atoms with Crippen LogP contribution in [0.2, 0.25) is 0 Å². The molecule has 1 aromatic rings. The van der Waals surface area contributed by atoms with Gasteiger partial charge in [0, 0.05) is 26.2 Å². The summed E-state index contributed by atoms with van der Waals surface area (Å²) in [7, 11) is 0. The van der Waals surface area contributed by atoms with E-state index in [-0.39, 0.29) is 0 Å². The number of benzene rings is 1. The Balaban J connectivity index is 1.56. The Morgan fingerprint density at radius 2 is 1.95 bits per heavy atom. The normalized spacial score (nSPS) is 16.3. The van der Waals surface area contributed by atoms with E-state index < -0.39 is 0 Å². The van der Waals surface area contributed by atoms with Gasteiger partial charge in [-0.3, -0.25) is 0 Å². The van der Waals surface area contributed by atoms with Crippen LogP contribution in [0.1, 0.15) is 44.6 Å². The monoisotopic (exact) mass is 290 g/mol. The molecule has 1 fully saturated rings. The fourth-order valence-electron chi connectivity index (χ4n) is 2.70. The zero-order valence-corrected chi connectivity index (χ0v) is 13.6. The molecular formula is C18H30N2O. The van der Waals surface area contributed by atoms with E-state index in [0.29, 0.717) is 5.92 Å². The molecule has 1 aromatic carbocycles. The van der Waals surface area contributed by atoms with E-state index in [0.717, 1.165) is 31.9 Å². The molecule has 1 aliphatic rings. The fraction of sp³-hybridized carbons (Fsp3) is 0.667. The quantitative estimate of drug-likeness (QED) is 0.744. The Kier molecular flexibility index (Phi) is 7.04. The largest absolute Gasteiger partial charge is 0.494 e. The number of nitrogens with one attached hydrogen (secondary N) is 1. The van der Waals surface area contributed by atoms with Gasteiger partial charge < -0.3 is 15.0 Å². The van der Waals surface area contributed by atoms with Gasteiger partial charge in [-0.2, -0.15) is 0 Å². The van der Waals surface area contributed by atoms with Crippen molar-refractivity contribution in [3.8, 4) is 5.75 Å². The molecule has 0 unspecified atom stereocenters. The van der Waals surface area contributed by atoms with Crippen molar-refractivity contribution in [1.82, 2.24) is 10.2 Å². The summed E-state index contributed by atoms with van der Waals surface area (Å²) in [5.41, 5.74) is 1.35. The van der Waals surface area contributed by atoms with Crippen molar-refractivity contribution in [2.45, 2.75) is 39.0 Å². The Morgan fingerprint density at radius 3 is 2.71 bits per heavy atom. The Hall–Kier alpha value is -1.06. The molecule has 1 aliphatic heterocycles. The Bertz CT molecular complexity index is 400. The number of nitrogens with zero attached hydrogens (tertiary/aromatic N) is 1. The summed E-state index contributed by atoms with van der Waals surface area (Å²) >= 11 is 0. The highest BCUT2D eigenvalue weighted by Crippen LogP contribution is 2.20. The van der Waals surface area contributed by atoms with Gasteiger partial charge in [0.25, 0.3) is 0 Å². The van der Waals surface area contributed by atoms with Crippen LogP contribution < -0.4 is 10.1 Å². The lowest BCUT2D eigenvalue weighted by Crippen LogP contribution is -2.43. The highest BCUT2D eigenvalue weighted by atomic mass is 16.5. The van der Waals surface area contributed by atoms with E-state index in [1.165, 1.54) is 38.0 Å². The van der Waals surface area contributed by atoms with Crippen LogP contribution in [-0.4, -0.2) is 44.2 Å². The van der Waals surface area contributed by atoms with Crippen molar-refractivity contribution < 1.29 is 4.74 Å². The van der Waals surface area contributed by atoms with Crippen LogP contribution in [0.5, 0.6) is 5.75 Å². The molecule has 0 amide bonds. The molecule has 1 heterocycles. The maximum atomic E-state index is 5.87. The second kappa shape index (κ2) is 9.06. The van der Waals surface area contributed by atoms with Crippen LogP contribution in [0.3, 0.4) is 0 Å². The van der Waals surface area contributed by atoms with Crippen molar-refractivity contribution in [3.63, 3.8) is 0 Å². The minimum atomic E-state index is 0.563. The molecule has 0 aromatic heterocycles. The topological polar surface area (TPSA) is 24.5 Å². The maximum Gasteiger partial charge on any atom is 0.119 e. The van der Waals surface area contributed by atoms with Gasteiger partial charge in [0.1, 0.15) is 5.75 Å². The second-order valence-electron chi connectivity index (χ2n) is 6.23. The van der Waals surface area contributed by atoms with Crippen LogP contribution >= 0.6 is 0 Å². The molecule has 21 heavy (non-hydrogen) atoms. The van der Waals surface area contributed by atoms with Crippen molar-refractivity contribution >= 4 is 0 Å². The number of hydrogen-bond donors (Lipinski definition) is 1. The van der Waals surface area contributed by atoms with E-state index in [1.807, 2.05) is 0 Å². The smallest absolute Gasteiger partial charge is 0.119 e. The van der Waals surface area contributed by atoms with Crippen LogP contribution in [-0.2, 0) is 0 Å². The third-order valence-corrected chi connectivity index (χ3v) is 4.12. The first kappa shape index (κ1) is 16.3. The van der Waals surface area contributed by atoms with Gasteiger partial charge in [0.15, 0.2) is 0 Å². The highest BCUT2D eigenvalue weighted by molar-refractivity contribution is 5.30. The number of hydrogen-bond acceptors (Lipinski definition) is 3. The molecule has 0 atom stereocenters. The molecule has 118 valence electrons.